The molecule has 3 aliphatic heterocycles. The van der Waals surface area contributed by atoms with E-state index in [-0.39, 0.29) is 12.5 Å². The van der Waals surface area contributed by atoms with Crippen LogP contribution in [0.15, 0.2) is 53.5 Å². The van der Waals surface area contributed by atoms with Gasteiger partial charge in [-0.1, -0.05) is 42.5 Å². The molecule has 2 bridgehead atoms. The Labute approximate surface area is 190 Å². The number of benzene rings is 2. The fourth-order valence-corrected chi connectivity index (χ4v) is 5.67. The number of amides is 2. The molecule has 0 atom stereocenters. The molecule has 1 N–H and O–H groups in total. The van der Waals surface area contributed by atoms with Gasteiger partial charge in [0.1, 0.15) is 6.61 Å². The Bertz CT molecular complexity index is 1210. The lowest BCUT2D eigenvalue weighted by Crippen LogP contribution is -2.48. The third kappa shape index (κ3) is 4.06. The molecule has 1 aromatic heterocycles. The van der Waals surface area contributed by atoms with Crippen molar-refractivity contribution < 1.29 is 14.3 Å². The van der Waals surface area contributed by atoms with E-state index in [0.29, 0.717) is 10.8 Å². The van der Waals surface area contributed by atoms with Crippen molar-refractivity contribution in [2.45, 2.75) is 19.4 Å². The smallest absolute Gasteiger partial charge is 0.407 e. The van der Waals surface area contributed by atoms with Gasteiger partial charge in [0.05, 0.1) is 4.88 Å². The lowest BCUT2D eigenvalue weighted by molar-refractivity contribution is 0.100. The largest absolute Gasteiger partial charge is 0.445 e. The third-order valence-corrected chi connectivity index (χ3v) is 7.49. The highest BCUT2D eigenvalue weighted by molar-refractivity contribution is 7.21. The second-order valence-corrected chi connectivity index (χ2v) is 9.33. The van der Waals surface area contributed by atoms with Crippen LogP contribution in [0, 0.1) is 5.92 Å². The van der Waals surface area contributed by atoms with Crippen molar-refractivity contribution in [1.82, 2.24) is 10.2 Å². The van der Waals surface area contributed by atoms with Crippen molar-refractivity contribution in [2.24, 2.45) is 10.9 Å². The Hall–Kier alpha value is -3.03. The average Bonchev–Trinajstić information content (AvgIpc) is 3.28. The van der Waals surface area contributed by atoms with E-state index in [4.69, 9.17) is 4.74 Å². The van der Waals surface area contributed by atoms with Crippen molar-refractivity contribution in [3.05, 3.63) is 59.0 Å². The van der Waals surface area contributed by atoms with Gasteiger partial charge in [-0.2, -0.15) is 0 Å². The molecule has 7 heteroatoms. The number of thiophene rings is 1. The molecule has 3 aliphatic rings. The van der Waals surface area contributed by atoms with E-state index in [1.807, 2.05) is 48.5 Å². The van der Waals surface area contributed by atoms with E-state index in [1.165, 1.54) is 18.4 Å². The molecular weight excluding hydrogens is 422 g/mol. The number of fused-ring (bicyclic) bond motifs is 4. The first kappa shape index (κ1) is 20.8. The van der Waals surface area contributed by atoms with Gasteiger partial charge in [0.25, 0.3) is 5.91 Å². The van der Waals surface area contributed by atoms with Crippen LogP contribution in [0.4, 0.5) is 4.79 Å². The lowest BCUT2D eigenvalue weighted by Gasteiger charge is -2.39. The van der Waals surface area contributed by atoms with Crippen LogP contribution < -0.4 is 5.32 Å². The van der Waals surface area contributed by atoms with Crippen LogP contribution in [0.1, 0.15) is 28.1 Å². The minimum absolute atomic E-state index is 0.142. The zero-order valence-corrected chi connectivity index (χ0v) is 18.8. The number of aliphatic imine (C=N–C) groups is 1. The minimum Gasteiger partial charge on any atom is -0.445 e. The van der Waals surface area contributed by atoms with Gasteiger partial charge in [0.2, 0.25) is 0 Å². The second-order valence-electron chi connectivity index (χ2n) is 8.28. The second kappa shape index (κ2) is 8.84. The molecule has 32 heavy (non-hydrogen) atoms. The molecule has 0 spiro atoms. The quantitative estimate of drug-likeness (QED) is 0.628. The van der Waals surface area contributed by atoms with E-state index in [0.717, 1.165) is 65.0 Å². The number of hydrogen-bond acceptors (Lipinski definition) is 5. The molecule has 4 heterocycles. The van der Waals surface area contributed by atoms with Crippen LogP contribution in [0.3, 0.4) is 0 Å². The normalized spacial score (nSPS) is 21.1. The first-order valence-electron chi connectivity index (χ1n) is 10.9. The molecule has 6 rings (SSSR count). The van der Waals surface area contributed by atoms with Crippen LogP contribution in [-0.4, -0.2) is 49.3 Å². The maximum Gasteiger partial charge on any atom is 0.407 e. The molecule has 3 saturated heterocycles. The number of hydrogen-bond donors (Lipinski definition) is 1. The number of piperidine rings is 3. The van der Waals surface area contributed by atoms with E-state index in [2.05, 4.69) is 15.2 Å². The summed E-state index contributed by atoms with van der Waals surface area (Å²) in [5.41, 5.74) is 3.98. The van der Waals surface area contributed by atoms with Gasteiger partial charge in [-0.25, -0.2) is 9.79 Å². The van der Waals surface area contributed by atoms with Crippen molar-refractivity contribution in [3.63, 3.8) is 0 Å². The molecule has 0 saturated carbocycles. The summed E-state index contributed by atoms with van der Waals surface area (Å²) in [7, 11) is 1.54. The molecule has 164 valence electrons. The highest BCUT2D eigenvalue weighted by Crippen LogP contribution is 2.37. The van der Waals surface area contributed by atoms with Gasteiger partial charge in [0.15, 0.2) is 0 Å². The zero-order chi connectivity index (χ0) is 22.1. The van der Waals surface area contributed by atoms with Gasteiger partial charge in [-0.05, 0) is 54.1 Å². The van der Waals surface area contributed by atoms with Crippen molar-refractivity contribution in [3.8, 4) is 11.1 Å². The Kier molecular flexibility index (Phi) is 5.76. The van der Waals surface area contributed by atoms with Crippen LogP contribution in [-0.2, 0) is 11.3 Å². The zero-order valence-electron chi connectivity index (χ0n) is 18.0. The van der Waals surface area contributed by atoms with E-state index >= 15 is 0 Å². The number of nitrogens with one attached hydrogen (secondary N) is 1. The number of alkyl carbamates (subject to hydrolysis) is 1. The van der Waals surface area contributed by atoms with Gasteiger partial charge >= 0.3 is 6.09 Å². The fourth-order valence-electron chi connectivity index (χ4n) is 4.60. The first-order chi connectivity index (χ1) is 15.6. The van der Waals surface area contributed by atoms with Crippen LogP contribution in [0.2, 0.25) is 0 Å². The van der Waals surface area contributed by atoms with E-state index in [1.54, 1.807) is 0 Å². The molecular formula is C25H25N3O3S. The summed E-state index contributed by atoms with van der Waals surface area (Å²) in [4.78, 5) is 32.2. The highest BCUT2D eigenvalue weighted by atomic mass is 32.1. The lowest BCUT2D eigenvalue weighted by atomic mass is 9.86. The maximum absolute atomic E-state index is 13.0. The van der Waals surface area contributed by atoms with Crippen molar-refractivity contribution in [1.29, 1.82) is 0 Å². The topological polar surface area (TPSA) is 71.0 Å². The summed E-state index contributed by atoms with van der Waals surface area (Å²) < 4.78 is 6.32. The third-order valence-electron chi connectivity index (χ3n) is 6.31. The molecule has 0 aliphatic carbocycles. The van der Waals surface area contributed by atoms with E-state index < -0.39 is 6.09 Å². The van der Waals surface area contributed by atoms with Crippen LogP contribution in [0.25, 0.3) is 21.2 Å². The highest BCUT2D eigenvalue weighted by Gasteiger charge is 2.31. The van der Waals surface area contributed by atoms with Gasteiger partial charge in [-0.3, -0.25) is 9.69 Å². The SMILES string of the molecule is CNC(=O)OCc1ccccc1-c1cccc2cc(C(=O)N=C3CN4CCC3CC4)sc12. The molecule has 2 amide bonds. The van der Waals surface area contributed by atoms with Gasteiger partial charge in [0, 0.05) is 29.9 Å². The number of nitrogens with zero attached hydrogens (tertiary/aromatic N) is 2. The number of carbonyl (C=O) groups is 2. The number of carbonyl (C=O) groups excluding carboxylic acids is 2. The fraction of sp³-hybridized carbons (Fsp3) is 0.320. The molecule has 6 nitrogen and oxygen atoms in total. The summed E-state index contributed by atoms with van der Waals surface area (Å²) in [5, 5.41) is 3.49. The van der Waals surface area contributed by atoms with Crippen molar-refractivity contribution in [2.75, 3.05) is 26.7 Å². The molecule has 3 fully saturated rings. The summed E-state index contributed by atoms with van der Waals surface area (Å²) in [6, 6.07) is 15.9. The first-order valence-corrected chi connectivity index (χ1v) is 11.7. The Morgan fingerprint density at radius 3 is 2.66 bits per heavy atom. The average molecular weight is 448 g/mol. The maximum atomic E-state index is 13.0. The summed E-state index contributed by atoms with van der Waals surface area (Å²) in [5.74, 6) is 0.318. The Balaban J connectivity index is 1.47. The number of ether oxygens (including phenoxy) is 1. The van der Waals surface area contributed by atoms with Crippen LogP contribution >= 0.6 is 11.3 Å². The number of rotatable bonds is 4. The monoisotopic (exact) mass is 447 g/mol. The van der Waals surface area contributed by atoms with Gasteiger partial charge in [-0.15, -0.1) is 11.3 Å². The molecule has 0 unspecified atom stereocenters. The van der Waals surface area contributed by atoms with Gasteiger partial charge < -0.3 is 10.1 Å². The Morgan fingerprint density at radius 1 is 1.12 bits per heavy atom. The molecule has 0 radical (unpaired) electrons. The minimum atomic E-state index is -0.464. The summed E-state index contributed by atoms with van der Waals surface area (Å²) in [6.07, 6.45) is 1.75. The predicted octanol–water partition coefficient (Wildman–Crippen LogP) is 4.73. The predicted molar refractivity (Wildman–Crippen MR) is 127 cm³/mol. The summed E-state index contributed by atoms with van der Waals surface area (Å²) >= 11 is 1.48. The Morgan fingerprint density at radius 2 is 1.91 bits per heavy atom. The molecule has 3 aromatic rings. The molecule has 2 aromatic carbocycles. The van der Waals surface area contributed by atoms with Crippen LogP contribution in [0.5, 0.6) is 0 Å². The van der Waals surface area contributed by atoms with E-state index in [9.17, 15) is 9.59 Å². The summed E-state index contributed by atoms with van der Waals surface area (Å²) in [6.45, 7) is 3.24. The van der Waals surface area contributed by atoms with Crippen molar-refractivity contribution >= 4 is 39.1 Å². The standard InChI is InChI=1S/C25H25N3O3S/c1-26-25(30)31-15-18-5-2-3-7-19(18)20-8-4-6-17-13-22(32-23(17)20)24(29)27-21-14-28-11-9-16(21)10-12-28/h2-8,13,16H,9-12,14-15H2,1H3,(H,26,30).